The number of phenols is 1. The van der Waals surface area contributed by atoms with Crippen LogP contribution in [0.1, 0.15) is 17.5 Å². The molecule has 0 aliphatic carbocycles. The van der Waals surface area contributed by atoms with Crippen LogP contribution >= 0.6 is 0 Å². The number of phenolic OH excluding ortho intramolecular Hbond substituents is 1. The van der Waals surface area contributed by atoms with Gasteiger partial charge in [-0.15, -0.1) is 0 Å². The quantitative estimate of drug-likeness (QED) is 0.609. The summed E-state index contributed by atoms with van der Waals surface area (Å²) in [6.07, 6.45) is 1.33. The van der Waals surface area contributed by atoms with Crippen LogP contribution in [0.5, 0.6) is 5.75 Å². The zero-order chi connectivity index (χ0) is 18.1. The lowest BCUT2D eigenvalue weighted by atomic mass is 10.1. The summed E-state index contributed by atoms with van der Waals surface area (Å²) in [7, 11) is 2.07. The number of rotatable bonds is 9. The van der Waals surface area contributed by atoms with Crippen LogP contribution in [0.3, 0.4) is 0 Å². The van der Waals surface area contributed by atoms with Gasteiger partial charge in [0.1, 0.15) is 5.75 Å². The lowest BCUT2D eigenvalue weighted by Gasteiger charge is -2.17. The van der Waals surface area contributed by atoms with Gasteiger partial charge in [0, 0.05) is 13.1 Å². The Hall–Kier alpha value is -2.37. The van der Waals surface area contributed by atoms with Gasteiger partial charge in [-0.1, -0.05) is 42.5 Å². The third-order valence-corrected chi connectivity index (χ3v) is 4.04. The minimum absolute atomic E-state index is 0.140. The molecule has 0 aliphatic heterocycles. The molecule has 0 heterocycles. The molecule has 1 unspecified atom stereocenters. The van der Waals surface area contributed by atoms with Gasteiger partial charge in [-0.3, -0.25) is 4.79 Å². The smallest absolute Gasteiger partial charge is 0.237 e. The van der Waals surface area contributed by atoms with Crippen LogP contribution in [0.2, 0.25) is 0 Å². The molecule has 25 heavy (non-hydrogen) atoms. The highest BCUT2D eigenvalue weighted by molar-refractivity contribution is 5.81. The van der Waals surface area contributed by atoms with Crippen molar-refractivity contribution in [2.75, 3.05) is 20.1 Å². The van der Waals surface area contributed by atoms with Gasteiger partial charge in [-0.2, -0.15) is 0 Å². The molecule has 1 atom stereocenters. The van der Waals surface area contributed by atoms with Gasteiger partial charge in [-0.05, 0) is 49.7 Å². The van der Waals surface area contributed by atoms with Gasteiger partial charge in [0.25, 0.3) is 0 Å². The zero-order valence-corrected chi connectivity index (χ0v) is 14.7. The number of carbonyl (C=O) groups is 1. The molecule has 5 nitrogen and oxygen atoms in total. The van der Waals surface area contributed by atoms with Crippen LogP contribution in [0.4, 0.5) is 0 Å². The second kappa shape index (κ2) is 9.81. The Kier molecular flexibility index (Phi) is 7.44. The predicted octanol–water partition coefficient (Wildman–Crippen LogP) is 1.90. The number of carbonyl (C=O) groups excluding carboxylic acids is 1. The van der Waals surface area contributed by atoms with Crippen molar-refractivity contribution in [2.24, 2.45) is 5.73 Å². The molecule has 134 valence electrons. The van der Waals surface area contributed by atoms with Gasteiger partial charge in [0.2, 0.25) is 5.91 Å². The Bertz CT molecular complexity index is 644. The Morgan fingerprint density at radius 2 is 1.80 bits per heavy atom. The molecule has 0 fully saturated rings. The highest BCUT2D eigenvalue weighted by Crippen LogP contribution is 2.10. The van der Waals surface area contributed by atoms with E-state index in [1.54, 1.807) is 24.3 Å². The fraction of sp³-hybridized carbons (Fsp3) is 0.350. The number of nitrogens with one attached hydrogen (secondary N) is 1. The van der Waals surface area contributed by atoms with Crippen molar-refractivity contribution in [3.8, 4) is 5.75 Å². The van der Waals surface area contributed by atoms with Crippen molar-refractivity contribution in [3.05, 3.63) is 65.7 Å². The Morgan fingerprint density at radius 3 is 2.48 bits per heavy atom. The summed E-state index contributed by atoms with van der Waals surface area (Å²) < 4.78 is 0. The molecule has 2 rings (SSSR count). The molecule has 1 amide bonds. The topological polar surface area (TPSA) is 78.6 Å². The molecule has 0 bridgehead atoms. The molecule has 0 saturated carbocycles. The molecular weight excluding hydrogens is 314 g/mol. The van der Waals surface area contributed by atoms with Gasteiger partial charge >= 0.3 is 0 Å². The summed E-state index contributed by atoms with van der Waals surface area (Å²) >= 11 is 0. The van der Waals surface area contributed by atoms with E-state index >= 15 is 0 Å². The molecule has 5 heteroatoms. The van der Waals surface area contributed by atoms with Gasteiger partial charge in [0.15, 0.2) is 0 Å². The molecule has 2 aromatic carbocycles. The fourth-order valence-corrected chi connectivity index (χ4v) is 2.64. The maximum atomic E-state index is 12.1. The van der Waals surface area contributed by atoms with E-state index in [1.165, 1.54) is 5.56 Å². The monoisotopic (exact) mass is 341 g/mol. The number of amides is 1. The summed E-state index contributed by atoms with van der Waals surface area (Å²) in [6, 6.07) is 16.5. The molecule has 4 N–H and O–H groups in total. The number of hydrogen-bond acceptors (Lipinski definition) is 4. The van der Waals surface area contributed by atoms with Crippen molar-refractivity contribution in [1.29, 1.82) is 0 Å². The SMILES string of the molecule is CN(CCCNC(=O)C(N)Cc1ccc(O)cc1)Cc1ccccc1. The van der Waals surface area contributed by atoms with Crippen LogP contribution in [-0.4, -0.2) is 42.1 Å². The number of nitrogens with two attached hydrogens (primary N) is 1. The number of hydrogen-bond donors (Lipinski definition) is 3. The second-order valence-corrected chi connectivity index (χ2v) is 6.35. The van der Waals surface area contributed by atoms with Crippen molar-refractivity contribution >= 4 is 5.91 Å². The minimum Gasteiger partial charge on any atom is -0.508 e. The van der Waals surface area contributed by atoms with Gasteiger partial charge in [0.05, 0.1) is 6.04 Å². The Labute approximate surface area is 149 Å². The van der Waals surface area contributed by atoms with Crippen molar-refractivity contribution in [2.45, 2.75) is 25.4 Å². The van der Waals surface area contributed by atoms with Crippen LogP contribution in [0.15, 0.2) is 54.6 Å². The first-order chi connectivity index (χ1) is 12.0. The molecule has 0 aromatic heterocycles. The third-order valence-electron chi connectivity index (χ3n) is 4.04. The molecular formula is C20H27N3O2. The van der Waals surface area contributed by atoms with E-state index in [4.69, 9.17) is 5.73 Å². The average molecular weight is 341 g/mol. The van der Waals surface area contributed by atoms with E-state index in [0.29, 0.717) is 13.0 Å². The van der Waals surface area contributed by atoms with E-state index in [2.05, 4.69) is 29.4 Å². The third kappa shape index (κ3) is 6.95. The lowest BCUT2D eigenvalue weighted by molar-refractivity contribution is -0.122. The van der Waals surface area contributed by atoms with Gasteiger partial charge < -0.3 is 21.1 Å². The molecule has 2 aromatic rings. The van der Waals surface area contributed by atoms with Crippen LogP contribution < -0.4 is 11.1 Å². The summed E-state index contributed by atoms with van der Waals surface area (Å²) in [5.41, 5.74) is 8.16. The molecule has 0 radical (unpaired) electrons. The van der Waals surface area contributed by atoms with E-state index in [0.717, 1.165) is 25.1 Å². The second-order valence-electron chi connectivity index (χ2n) is 6.35. The standard InChI is InChI=1S/C20H27N3O2/c1-23(15-17-6-3-2-4-7-17)13-5-12-22-20(25)19(21)14-16-8-10-18(24)11-9-16/h2-4,6-11,19,24H,5,12-15,21H2,1H3,(H,22,25). The van der Waals surface area contributed by atoms with E-state index in [-0.39, 0.29) is 11.7 Å². The summed E-state index contributed by atoms with van der Waals surface area (Å²) in [4.78, 5) is 14.3. The van der Waals surface area contributed by atoms with Crippen LogP contribution in [0.25, 0.3) is 0 Å². The molecule has 0 spiro atoms. The maximum absolute atomic E-state index is 12.1. The fourth-order valence-electron chi connectivity index (χ4n) is 2.64. The highest BCUT2D eigenvalue weighted by Gasteiger charge is 2.13. The number of nitrogens with zero attached hydrogens (tertiary/aromatic N) is 1. The molecule has 0 saturated heterocycles. The van der Waals surface area contributed by atoms with Crippen LogP contribution in [0, 0.1) is 0 Å². The predicted molar refractivity (Wildman–Crippen MR) is 100 cm³/mol. The minimum atomic E-state index is -0.577. The lowest BCUT2D eigenvalue weighted by Crippen LogP contribution is -2.42. The normalized spacial score (nSPS) is 12.1. The largest absolute Gasteiger partial charge is 0.508 e. The van der Waals surface area contributed by atoms with E-state index < -0.39 is 6.04 Å². The summed E-state index contributed by atoms with van der Waals surface area (Å²) in [5.74, 6) is 0.0696. The summed E-state index contributed by atoms with van der Waals surface area (Å²) in [6.45, 7) is 2.42. The summed E-state index contributed by atoms with van der Waals surface area (Å²) in [5, 5.41) is 12.2. The Morgan fingerprint density at radius 1 is 1.12 bits per heavy atom. The maximum Gasteiger partial charge on any atom is 0.237 e. The number of aromatic hydroxyl groups is 1. The average Bonchev–Trinajstić information content (AvgIpc) is 2.61. The molecule has 0 aliphatic rings. The first-order valence-corrected chi connectivity index (χ1v) is 8.58. The van der Waals surface area contributed by atoms with Crippen molar-refractivity contribution in [3.63, 3.8) is 0 Å². The van der Waals surface area contributed by atoms with Gasteiger partial charge in [-0.25, -0.2) is 0 Å². The van der Waals surface area contributed by atoms with E-state index in [1.807, 2.05) is 18.2 Å². The number of benzene rings is 2. The zero-order valence-electron chi connectivity index (χ0n) is 14.7. The van der Waals surface area contributed by atoms with Crippen molar-refractivity contribution in [1.82, 2.24) is 10.2 Å². The Balaban J connectivity index is 1.63. The highest BCUT2D eigenvalue weighted by atomic mass is 16.3. The van der Waals surface area contributed by atoms with Crippen LogP contribution in [-0.2, 0) is 17.8 Å². The van der Waals surface area contributed by atoms with E-state index in [9.17, 15) is 9.90 Å². The first-order valence-electron chi connectivity index (χ1n) is 8.58. The first kappa shape index (κ1) is 19.0. The van der Waals surface area contributed by atoms with Crippen molar-refractivity contribution < 1.29 is 9.90 Å².